The molecule has 26 heavy (non-hydrogen) atoms. The van der Waals surface area contributed by atoms with E-state index in [2.05, 4.69) is 0 Å². The number of piperazine rings is 1. The number of hydrogen-bond acceptors (Lipinski definition) is 4. The summed E-state index contributed by atoms with van der Waals surface area (Å²) >= 11 is 1.48. The van der Waals surface area contributed by atoms with Crippen molar-refractivity contribution >= 4 is 27.7 Å². The molecule has 1 amide bonds. The van der Waals surface area contributed by atoms with E-state index in [0.29, 0.717) is 31.1 Å². The maximum absolute atomic E-state index is 12.6. The van der Waals surface area contributed by atoms with Crippen LogP contribution in [-0.4, -0.2) is 49.7 Å². The van der Waals surface area contributed by atoms with E-state index in [-0.39, 0.29) is 5.91 Å². The van der Waals surface area contributed by atoms with Crippen LogP contribution in [0.25, 0.3) is 0 Å². The maximum Gasteiger partial charge on any atom is 0.247 e. The van der Waals surface area contributed by atoms with E-state index in [1.54, 1.807) is 46.7 Å². The number of amides is 1. The first-order valence-electron chi connectivity index (χ1n) is 8.30. The zero-order chi connectivity index (χ0) is 18.4. The molecule has 3 rings (SSSR count). The van der Waals surface area contributed by atoms with Gasteiger partial charge in [-0.2, -0.15) is 4.31 Å². The van der Waals surface area contributed by atoms with Crippen molar-refractivity contribution in [2.75, 3.05) is 26.2 Å². The van der Waals surface area contributed by atoms with Gasteiger partial charge in [-0.1, -0.05) is 48.2 Å². The monoisotopic (exact) mass is 388 g/mol. The summed E-state index contributed by atoms with van der Waals surface area (Å²) in [6.07, 6.45) is 1.54. The number of carbonyl (C=O) groups excluding carboxylic acids is 1. The smallest absolute Gasteiger partial charge is 0.247 e. The number of sulfonamides is 1. The average molecular weight is 389 g/mol. The first kappa shape index (κ1) is 18.7. The molecule has 136 valence electrons. The second kappa shape index (κ2) is 8.53. The van der Waals surface area contributed by atoms with Crippen molar-refractivity contribution in [2.24, 2.45) is 0 Å². The molecule has 0 unspecified atom stereocenters. The molecule has 0 bridgehead atoms. The van der Waals surface area contributed by atoms with Crippen molar-refractivity contribution in [3.63, 3.8) is 0 Å². The van der Waals surface area contributed by atoms with Crippen molar-refractivity contribution in [3.8, 4) is 0 Å². The molecular formula is C19H20N2O3S2. The summed E-state index contributed by atoms with van der Waals surface area (Å²) in [7, 11) is -3.49. The zero-order valence-electron chi connectivity index (χ0n) is 14.2. The minimum atomic E-state index is -3.49. The number of benzene rings is 2. The minimum Gasteiger partial charge on any atom is -0.336 e. The molecule has 7 heteroatoms. The Balaban J connectivity index is 1.54. The molecule has 2 aromatic carbocycles. The fourth-order valence-corrected chi connectivity index (χ4v) is 4.76. The van der Waals surface area contributed by atoms with Crippen LogP contribution in [-0.2, 0) is 14.8 Å². The first-order chi connectivity index (χ1) is 12.6. The van der Waals surface area contributed by atoms with E-state index in [0.717, 1.165) is 4.90 Å². The lowest BCUT2D eigenvalue weighted by Crippen LogP contribution is -2.50. The summed E-state index contributed by atoms with van der Waals surface area (Å²) in [5.74, 6) is -0.0924. The molecule has 0 saturated carbocycles. The van der Waals surface area contributed by atoms with Gasteiger partial charge in [0.25, 0.3) is 0 Å². The molecule has 0 aliphatic carbocycles. The number of nitrogens with zero attached hydrogens (tertiary/aromatic N) is 2. The molecular weight excluding hydrogens is 368 g/mol. The Bertz CT molecular complexity index is 860. The Labute approximate surface area is 158 Å². The third-order valence-electron chi connectivity index (χ3n) is 4.09. The van der Waals surface area contributed by atoms with Crippen molar-refractivity contribution in [1.29, 1.82) is 0 Å². The van der Waals surface area contributed by atoms with E-state index in [9.17, 15) is 13.2 Å². The lowest BCUT2D eigenvalue weighted by atomic mass is 10.3. The summed E-state index contributed by atoms with van der Waals surface area (Å²) in [4.78, 5) is 15.3. The summed E-state index contributed by atoms with van der Waals surface area (Å²) in [5, 5.41) is 1.77. The van der Waals surface area contributed by atoms with Gasteiger partial charge in [0.2, 0.25) is 15.9 Å². The molecule has 2 aromatic rings. The van der Waals surface area contributed by atoms with E-state index < -0.39 is 10.0 Å². The molecule has 1 aliphatic heterocycles. The van der Waals surface area contributed by atoms with Gasteiger partial charge in [-0.05, 0) is 29.7 Å². The fraction of sp³-hybridized carbons (Fsp3) is 0.211. The molecule has 0 atom stereocenters. The van der Waals surface area contributed by atoms with Crippen LogP contribution in [0.5, 0.6) is 0 Å². The topological polar surface area (TPSA) is 57.7 Å². The van der Waals surface area contributed by atoms with Gasteiger partial charge in [0.1, 0.15) is 0 Å². The largest absolute Gasteiger partial charge is 0.336 e. The quantitative estimate of drug-likeness (QED) is 0.584. The minimum absolute atomic E-state index is 0.0924. The van der Waals surface area contributed by atoms with Gasteiger partial charge in [0, 0.05) is 37.2 Å². The van der Waals surface area contributed by atoms with Gasteiger partial charge < -0.3 is 4.90 Å². The van der Waals surface area contributed by atoms with Crippen LogP contribution < -0.4 is 0 Å². The van der Waals surface area contributed by atoms with Crippen molar-refractivity contribution in [3.05, 3.63) is 72.1 Å². The number of carbonyl (C=O) groups is 1. The predicted molar refractivity (Wildman–Crippen MR) is 103 cm³/mol. The fourth-order valence-electron chi connectivity index (χ4n) is 2.67. The van der Waals surface area contributed by atoms with Crippen LogP contribution in [0.1, 0.15) is 0 Å². The SMILES string of the molecule is O=C(/C=C/Sc1ccccc1)N1CCN(S(=O)(=O)c2ccccc2)CC1. The first-order valence-corrected chi connectivity index (χ1v) is 10.6. The van der Waals surface area contributed by atoms with E-state index in [4.69, 9.17) is 0 Å². The zero-order valence-corrected chi connectivity index (χ0v) is 15.8. The third kappa shape index (κ3) is 4.55. The highest BCUT2D eigenvalue weighted by Gasteiger charge is 2.29. The van der Waals surface area contributed by atoms with Crippen LogP contribution in [0.3, 0.4) is 0 Å². The Morgan fingerprint density at radius 2 is 1.46 bits per heavy atom. The van der Waals surface area contributed by atoms with Gasteiger partial charge in [-0.25, -0.2) is 8.42 Å². The summed E-state index contributed by atoms with van der Waals surface area (Å²) in [5.41, 5.74) is 0. The van der Waals surface area contributed by atoms with Gasteiger partial charge >= 0.3 is 0 Å². The molecule has 0 radical (unpaired) electrons. The second-order valence-corrected chi connectivity index (χ2v) is 8.69. The van der Waals surface area contributed by atoms with Crippen LogP contribution in [0.15, 0.2) is 81.9 Å². The van der Waals surface area contributed by atoms with Gasteiger partial charge in [-0.3, -0.25) is 4.79 Å². The van der Waals surface area contributed by atoms with Gasteiger partial charge in [0.15, 0.2) is 0 Å². The van der Waals surface area contributed by atoms with Crippen LogP contribution in [0.4, 0.5) is 0 Å². The molecule has 0 N–H and O–H groups in total. The highest BCUT2D eigenvalue weighted by atomic mass is 32.2. The Hall–Kier alpha value is -2.09. The third-order valence-corrected chi connectivity index (χ3v) is 6.82. The molecule has 1 fully saturated rings. The standard InChI is InChI=1S/C19H20N2O3S2/c22-19(11-16-25-17-7-3-1-4-8-17)20-12-14-21(15-13-20)26(23,24)18-9-5-2-6-10-18/h1-11,16H,12-15H2/b16-11+. The predicted octanol–water partition coefficient (Wildman–Crippen LogP) is 2.83. The molecule has 1 aliphatic rings. The highest BCUT2D eigenvalue weighted by Crippen LogP contribution is 2.19. The van der Waals surface area contributed by atoms with Crippen molar-refractivity contribution in [2.45, 2.75) is 9.79 Å². The van der Waals surface area contributed by atoms with Crippen molar-refractivity contribution in [1.82, 2.24) is 9.21 Å². The second-order valence-electron chi connectivity index (χ2n) is 5.78. The number of thioether (sulfide) groups is 1. The molecule has 0 spiro atoms. The van der Waals surface area contributed by atoms with E-state index in [1.807, 2.05) is 30.3 Å². The molecule has 1 saturated heterocycles. The Morgan fingerprint density at radius 3 is 2.08 bits per heavy atom. The average Bonchev–Trinajstić information content (AvgIpc) is 2.69. The normalized spacial score (nSPS) is 16.1. The highest BCUT2D eigenvalue weighted by molar-refractivity contribution is 8.02. The lowest BCUT2D eigenvalue weighted by Gasteiger charge is -2.33. The molecule has 1 heterocycles. The number of rotatable bonds is 5. The van der Waals surface area contributed by atoms with E-state index >= 15 is 0 Å². The lowest BCUT2D eigenvalue weighted by molar-refractivity contribution is -0.127. The molecule has 5 nitrogen and oxygen atoms in total. The van der Waals surface area contributed by atoms with Gasteiger partial charge in [-0.15, -0.1) is 0 Å². The molecule has 0 aromatic heterocycles. The van der Waals surface area contributed by atoms with E-state index in [1.165, 1.54) is 16.1 Å². The Kier molecular flexibility index (Phi) is 6.13. The summed E-state index contributed by atoms with van der Waals surface area (Å²) in [6, 6.07) is 18.2. The van der Waals surface area contributed by atoms with Gasteiger partial charge in [0.05, 0.1) is 4.90 Å². The summed E-state index contributed by atoms with van der Waals surface area (Å²) < 4.78 is 26.6. The van der Waals surface area contributed by atoms with Crippen LogP contribution in [0.2, 0.25) is 0 Å². The van der Waals surface area contributed by atoms with Crippen molar-refractivity contribution < 1.29 is 13.2 Å². The van der Waals surface area contributed by atoms with Crippen LogP contribution >= 0.6 is 11.8 Å². The Morgan fingerprint density at radius 1 is 0.885 bits per heavy atom. The summed E-state index contributed by atoms with van der Waals surface area (Å²) in [6.45, 7) is 1.40. The number of hydrogen-bond donors (Lipinski definition) is 0. The van der Waals surface area contributed by atoms with Crippen LogP contribution in [0, 0.1) is 0 Å². The maximum atomic E-state index is 12.6.